The van der Waals surface area contributed by atoms with Crippen LogP contribution >= 0.6 is 0 Å². The third-order valence-electron chi connectivity index (χ3n) is 7.22. The van der Waals surface area contributed by atoms with Crippen molar-refractivity contribution < 1.29 is 40.8 Å². The van der Waals surface area contributed by atoms with Crippen LogP contribution in [0.2, 0.25) is 0 Å². The van der Waals surface area contributed by atoms with Crippen LogP contribution in [-0.4, -0.2) is 43.4 Å². The van der Waals surface area contributed by atoms with Crippen molar-refractivity contribution in [3.05, 3.63) is 0 Å². The van der Waals surface area contributed by atoms with Crippen molar-refractivity contribution in [2.75, 3.05) is 13.2 Å². The van der Waals surface area contributed by atoms with E-state index in [4.69, 9.17) is 14.0 Å². The van der Waals surface area contributed by atoms with E-state index in [1.165, 1.54) is 0 Å². The highest BCUT2D eigenvalue weighted by molar-refractivity contribution is 7.87. The van der Waals surface area contributed by atoms with Crippen LogP contribution in [-0.2, 0) is 29.2 Å². The zero-order valence-corrected chi connectivity index (χ0v) is 18.5. The first-order chi connectivity index (χ1) is 14.5. The smallest absolute Gasteiger partial charge is 0.465 e. The van der Waals surface area contributed by atoms with E-state index >= 15 is 0 Å². The molecule has 0 aliphatic heterocycles. The van der Waals surface area contributed by atoms with Gasteiger partial charge in [0, 0.05) is 5.41 Å². The van der Waals surface area contributed by atoms with E-state index in [0.717, 1.165) is 57.8 Å². The summed E-state index contributed by atoms with van der Waals surface area (Å²) in [6.45, 7) is -0.272. The Kier molecular flexibility index (Phi) is 7.61. The molecule has 0 aromatic heterocycles. The Labute approximate surface area is 182 Å². The molecule has 3 fully saturated rings. The van der Waals surface area contributed by atoms with Crippen molar-refractivity contribution in [2.24, 2.45) is 23.2 Å². The molecule has 2 unspecified atom stereocenters. The highest BCUT2D eigenvalue weighted by Gasteiger charge is 2.55. The molecule has 7 nitrogen and oxygen atoms in total. The summed E-state index contributed by atoms with van der Waals surface area (Å²) in [5.41, 5.74) is -0.647. The minimum absolute atomic E-state index is 0.0956. The van der Waals surface area contributed by atoms with Crippen molar-refractivity contribution >= 4 is 22.1 Å². The van der Waals surface area contributed by atoms with Gasteiger partial charge in [-0.2, -0.15) is 17.2 Å². The van der Waals surface area contributed by atoms with Gasteiger partial charge in [0.1, 0.15) is 0 Å². The number of fused-ring (bicyclic) bond motifs is 2. The van der Waals surface area contributed by atoms with Gasteiger partial charge in [-0.1, -0.05) is 38.5 Å². The van der Waals surface area contributed by atoms with Gasteiger partial charge < -0.3 is 9.47 Å². The molecular weight excluding hydrogens is 434 g/mol. The summed E-state index contributed by atoms with van der Waals surface area (Å²) in [6.07, 6.45) is 10.6. The second kappa shape index (κ2) is 9.68. The number of carbonyl (C=O) groups is 2. The quantitative estimate of drug-likeness (QED) is 0.424. The van der Waals surface area contributed by atoms with Crippen LogP contribution in [0.15, 0.2) is 0 Å². The highest BCUT2D eigenvalue weighted by atomic mass is 32.2. The van der Waals surface area contributed by atoms with Crippen LogP contribution in [0.4, 0.5) is 8.78 Å². The molecule has 178 valence electrons. The van der Waals surface area contributed by atoms with E-state index in [1.54, 1.807) is 0 Å². The molecule has 0 amide bonds. The molecule has 3 rings (SSSR count). The molecule has 31 heavy (non-hydrogen) atoms. The van der Waals surface area contributed by atoms with Crippen molar-refractivity contribution in [1.29, 1.82) is 0 Å². The lowest BCUT2D eigenvalue weighted by Crippen LogP contribution is -2.44. The standard InChI is InChI=1S/C21H32F2O7S/c22-21(23,31(26,27)28)19(25)30-14-20(12-15-5-4-6-16(11-15)13-20)9-10-29-18(24)17-7-2-1-3-8-17/h15-17H,1-14H2,(H,26,27,28). The number of alkyl halides is 2. The van der Waals surface area contributed by atoms with Crippen molar-refractivity contribution in [3.8, 4) is 0 Å². The van der Waals surface area contributed by atoms with Gasteiger partial charge in [-0.25, -0.2) is 4.79 Å². The Bertz CT molecular complexity index is 750. The molecular formula is C21H32F2O7S. The molecule has 10 heteroatoms. The fourth-order valence-electron chi connectivity index (χ4n) is 5.71. The number of halogens is 2. The average molecular weight is 467 g/mol. The molecule has 3 saturated carbocycles. The second-order valence-electron chi connectivity index (χ2n) is 9.63. The normalized spacial score (nSPS) is 29.9. The summed E-state index contributed by atoms with van der Waals surface area (Å²) < 4.78 is 67.8. The minimum atomic E-state index is -5.91. The largest absolute Gasteiger partial charge is 0.465 e. The molecule has 1 N–H and O–H groups in total. The number of carbonyl (C=O) groups excluding carboxylic acids is 2. The van der Waals surface area contributed by atoms with Crippen LogP contribution in [0.1, 0.15) is 77.0 Å². The molecule has 0 spiro atoms. The van der Waals surface area contributed by atoms with Crippen LogP contribution in [0.5, 0.6) is 0 Å². The fourth-order valence-corrected chi connectivity index (χ4v) is 5.98. The molecule has 0 aromatic rings. The van der Waals surface area contributed by atoms with Gasteiger partial charge in [-0.05, 0) is 50.4 Å². The summed E-state index contributed by atoms with van der Waals surface area (Å²) in [5.74, 6) is -1.85. The number of esters is 2. The minimum Gasteiger partial charge on any atom is -0.465 e. The van der Waals surface area contributed by atoms with Gasteiger partial charge in [0.25, 0.3) is 0 Å². The van der Waals surface area contributed by atoms with Crippen molar-refractivity contribution in [1.82, 2.24) is 0 Å². The summed E-state index contributed by atoms with van der Waals surface area (Å²) in [6, 6.07) is 0. The molecule has 0 heterocycles. The molecule has 0 aromatic carbocycles. The SMILES string of the molecule is O=C(OCCC1(COC(=O)C(F)(F)S(=O)(=O)O)CC2CCCC(C2)C1)C1CCCCC1. The maximum absolute atomic E-state index is 13.6. The lowest BCUT2D eigenvalue weighted by molar-refractivity contribution is -0.169. The first kappa shape index (κ1) is 24.4. The second-order valence-corrected chi connectivity index (χ2v) is 11.1. The van der Waals surface area contributed by atoms with E-state index in [0.29, 0.717) is 31.1 Å². The van der Waals surface area contributed by atoms with E-state index in [-0.39, 0.29) is 25.1 Å². The predicted molar refractivity (Wildman–Crippen MR) is 107 cm³/mol. The van der Waals surface area contributed by atoms with Crippen LogP contribution < -0.4 is 0 Å². The summed E-state index contributed by atoms with van der Waals surface area (Å²) in [7, 11) is -5.91. The third kappa shape index (κ3) is 5.94. The molecule has 2 bridgehead atoms. The summed E-state index contributed by atoms with van der Waals surface area (Å²) >= 11 is 0. The number of hydrogen-bond donors (Lipinski definition) is 1. The van der Waals surface area contributed by atoms with Crippen molar-refractivity contribution in [3.63, 3.8) is 0 Å². The van der Waals surface area contributed by atoms with Crippen molar-refractivity contribution in [2.45, 2.75) is 82.3 Å². The lowest BCUT2D eigenvalue weighted by atomic mass is 9.60. The highest BCUT2D eigenvalue weighted by Crippen LogP contribution is 2.51. The fraction of sp³-hybridized carbons (Fsp3) is 0.905. The first-order valence-corrected chi connectivity index (χ1v) is 12.7. The van der Waals surface area contributed by atoms with Crippen LogP contribution in [0.25, 0.3) is 0 Å². The van der Waals surface area contributed by atoms with Crippen LogP contribution in [0, 0.1) is 23.2 Å². The first-order valence-electron chi connectivity index (χ1n) is 11.2. The summed E-state index contributed by atoms with van der Waals surface area (Å²) in [4.78, 5) is 24.1. The average Bonchev–Trinajstić information content (AvgIpc) is 2.71. The molecule has 0 radical (unpaired) electrons. The topological polar surface area (TPSA) is 107 Å². The van der Waals surface area contributed by atoms with Gasteiger partial charge in [0.05, 0.1) is 19.1 Å². The molecule has 0 saturated heterocycles. The zero-order valence-electron chi connectivity index (χ0n) is 17.7. The molecule has 3 aliphatic rings. The van der Waals surface area contributed by atoms with E-state index in [1.807, 2.05) is 0 Å². The van der Waals surface area contributed by atoms with Gasteiger partial charge in [0.2, 0.25) is 0 Å². The van der Waals surface area contributed by atoms with E-state index in [9.17, 15) is 26.8 Å². The number of rotatable bonds is 8. The Morgan fingerprint density at radius 2 is 1.58 bits per heavy atom. The maximum Gasteiger partial charge on any atom is 0.465 e. The Hall–Kier alpha value is -1.29. The predicted octanol–water partition coefficient (Wildman–Crippen LogP) is 4.11. The van der Waals surface area contributed by atoms with Gasteiger partial charge in [-0.15, -0.1) is 0 Å². The summed E-state index contributed by atoms with van der Waals surface area (Å²) in [5, 5.41) is -5.01. The number of ether oxygens (including phenoxy) is 2. The van der Waals surface area contributed by atoms with Gasteiger partial charge >= 0.3 is 27.3 Å². The lowest BCUT2D eigenvalue weighted by Gasteiger charge is -2.47. The van der Waals surface area contributed by atoms with E-state index in [2.05, 4.69) is 0 Å². The monoisotopic (exact) mass is 466 g/mol. The molecule has 2 atom stereocenters. The third-order valence-corrected chi connectivity index (χ3v) is 8.04. The Balaban J connectivity index is 1.63. The zero-order chi connectivity index (χ0) is 22.7. The van der Waals surface area contributed by atoms with E-state index < -0.39 is 26.8 Å². The van der Waals surface area contributed by atoms with Crippen LogP contribution in [0.3, 0.4) is 0 Å². The Morgan fingerprint density at radius 3 is 2.16 bits per heavy atom. The maximum atomic E-state index is 13.6. The van der Waals surface area contributed by atoms with Gasteiger partial charge in [0.15, 0.2) is 0 Å². The number of hydrogen-bond acceptors (Lipinski definition) is 6. The Morgan fingerprint density at radius 1 is 0.968 bits per heavy atom. The molecule has 3 aliphatic carbocycles. The van der Waals surface area contributed by atoms with Gasteiger partial charge in [-0.3, -0.25) is 9.35 Å².